The summed E-state index contributed by atoms with van der Waals surface area (Å²) < 4.78 is 95.4. The molecule has 0 atom stereocenters. The number of benzene rings is 3. The second-order valence-corrected chi connectivity index (χ2v) is 11.4. The first-order chi connectivity index (χ1) is 20.3. The Bertz CT molecular complexity index is 1740. The molecule has 0 saturated heterocycles. The van der Waals surface area contributed by atoms with Crippen molar-refractivity contribution < 1.29 is 35.1 Å². The molecule has 0 radical (unpaired) electrons. The molecule has 0 bridgehead atoms. The molecule has 3 aromatic carbocycles. The molecule has 0 aliphatic heterocycles. The third-order valence-electron chi connectivity index (χ3n) is 6.27. The summed E-state index contributed by atoms with van der Waals surface area (Å²) in [6.07, 6.45) is -5.30. The Morgan fingerprint density at radius 2 is 1.77 bits per heavy atom. The number of sulfone groups is 1. The monoisotopic (exact) mass is 619 g/mol. The van der Waals surface area contributed by atoms with Crippen LogP contribution in [-0.2, 0) is 16.4 Å². The van der Waals surface area contributed by atoms with E-state index in [1.165, 1.54) is 46.2 Å². The standard InChI is InChI=1S/C29H26F5N5O3S/c1-4-35-37-39(17-20-9-12-23(13-10-20)42-29(32,33)34)27-16-22(21-7-6-8-24(15-21)43(40,41)5-2)11-14-26(27)38-18-25(28(30)31)36-19(38)3/h4,6-16,18,28H,1,5,17H2,2-3H3/b37-35-. The van der Waals surface area contributed by atoms with Crippen molar-refractivity contribution in [1.29, 1.82) is 0 Å². The highest BCUT2D eigenvalue weighted by molar-refractivity contribution is 7.91. The predicted molar refractivity (Wildman–Crippen MR) is 151 cm³/mol. The summed E-state index contributed by atoms with van der Waals surface area (Å²) in [5, 5.41) is 9.49. The number of alkyl halides is 5. The van der Waals surface area contributed by atoms with Gasteiger partial charge in [-0.2, -0.15) is 0 Å². The fourth-order valence-electron chi connectivity index (χ4n) is 4.23. The quantitative estimate of drug-likeness (QED) is 0.0965. The minimum atomic E-state index is -4.85. The van der Waals surface area contributed by atoms with Crippen LogP contribution in [0.1, 0.15) is 30.4 Å². The maximum atomic E-state index is 13.5. The average Bonchev–Trinajstić information content (AvgIpc) is 3.37. The highest BCUT2D eigenvalue weighted by atomic mass is 32.2. The second kappa shape index (κ2) is 12.7. The van der Waals surface area contributed by atoms with E-state index < -0.39 is 34.1 Å². The number of rotatable bonds is 11. The van der Waals surface area contributed by atoms with Gasteiger partial charge in [0.1, 0.15) is 17.3 Å². The van der Waals surface area contributed by atoms with E-state index in [2.05, 4.69) is 26.6 Å². The van der Waals surface area contributed by atoms with Gasteiger partial charge in [-0.1, -0.05) is 49.1 Å². The maximum Gasteiger partial charge on any atom is 0.573 e. The van der Waals surface area contributed by atoms with Crippen molar-refractivity contribution >= 4 is 15.5 Å². The Kier molecular flexibility index (Phi) is 9.28. The molecule has 0 aliphatic rings. The molecule has 0 amide bonds. The predicted octanol–water partition coefficient (Wildman–Crippen LogP) is 7.99. The van der Waals surface area contributed by atoms with Crippen molar-refractivity contribution in [2.75, 3.05) is 10.8 Å². The number of anilines is 1. The molecule has 0 saturated carbocycles. The molecule has 1 heterocycles. The highest BCUT2D eigenvalue weighted by Crippen LogP contribution is 2.35. The van der Waals surface area contributed by atoms with Crippen LogP contribution in [0.4, 0.5) is 27.6 Å². The molecule has 0 N–H and O–H groups in total. The van der Waals surface area contributed by atoms with Crippen molar-refractivity contribution in [3.8, 4) is 22.6 Å². The maximum absolute atomic E-state index is 13.5. The van der Waals surface area contributed by atoms with Crippen LogP contribution in [0.2, 0.25) is 0 Å². The van der Waals surface area contributed by atoms with E-state index in [-0.39, 0.29) is 23.0 Å². The van der Waals surface area contributed by atoms with E-state index in [1.807, 2.05) is 0 Å². The molecule has 1 aromatic heterocycles. The first-order valence-corrected chi connectivity index (χ1v) is 14.4. The average molecular weight is 620 g/mol. The van der Waals surface area contributed by atoms with Crippen molar-refractivity contribution in [3.63, 3.8) is 0 Å². The zero-order valence-electron chi connectivity index (χ0n) is 23.0. The van der Waals surface area contributed by atoms with Gasteiger partial charge in [-0.3, -0.25) is 0 Å². The lowest BCUT2D eigenvalue weighted by atomic mass is 10.0. The van der Waals surface area contributed by atoms with Crippen LogP contribution >= 0.6 is 0 Å². The minimum Gasteiger partial charge on any atom is -0.406 e. The summed E-state index contributed by atoms with van der Waals surface area (Å²) in [5.74, 6) is -0.238. The Labute approximate surface area is 244 Å². The number of halogens is 5. The Hall–Kier alpha value is -4.59. The van der Waals surface area contributed by atoms with Gasteiger partial charge in [-0.25, -0.2) is 27.2 Å². The molecular weight excluding hydrogens is 593 g/mol. The molecule has 8 nitrogen and oxygen atoms in total. The van der Waals surface area contributed by atoms with E-state index in [9.17, 15) is 30.4 Å². The lowest BCUT2D eigenvalue weighted by molar-refractivity contribution is -0.274. The van der Waals surface area contributed by atoms with Crippen LogP contribution in [-0.4, -0.2) is 30.1 Å². The molecule has 43 heavy (non-hydrogen) atoms. The zero-order valence-corrected chi connectivity index (χ0v) is 23.8. The number of hydrogen-bond acceptors (Lipinski definition) is 6. The number of hydrogen-bond donors (Lipinski definition) is 0. The number of nitrogens with zero attached hydrogens (tertiary/aromatic N) is 5. The van der Waals surface area contributed by atoms with Crippen LogP contribution in [0, 0.1) is 6.92 Å². The summed E-state index contributed by atoms with van der Waals surface area (Å²) in [6.45, 7) is 6.62. The van der Waals surface area contributed by atoms with Gasteiger partial charge in [0.25, 0.3) is 6.43 Å². The number of ether oxygens (including phenoxy) is 1. The summed E-state index contributed by atoms with van der Waals surface area (Å²) in [4.78, 5) is 4.09. The van der Waals surface area contributed by atoms with E-state index in [1.54, 1.807) is 44.2 Å². The topological polar surface area (TPSA) is 89.1 Å². The molecule has 0 spiro atoms. The normalized spacial score (nSPS) is 12.2. The van der Waals surface area contributed by atoms with Gasteiger partial charge in [0, 0.05) is 12.4 Å². The molecule has 4 rings (SSSR count). The van der Waals surface area contributed by atoms with Crippen molar-refractivity contribution in [1.82, 2.24) is 9.55 Å². The molecule has 0 aliphatic carbocycles. The van der Waals surface area contributed by atoms with Gasteiger partial charge >= 0.3 is 6.36 Å². The molecule has 226 valence electrons. The molecule has 0 fully saturated rings. The molecule has 4 aromatic rings. The first-order valence-electron chi connectivity index (χ1n) is 12.8. The summed E-state index contributed by atoms with van der Waals surface area (Å²) >= 11 is 0. The summed E-state index contributed by atoms with van der Waals surface area (Å²) in [6, 6.07) is 16.5. The van der Waals surface area contributed by atoms with Crippen LogP contribution in [0.15, 0.2) is 101 Å². The summed E-state index contributed by atoms with van der Waals surface area (Å²) in [7, 11) is -3.50. The van der Waals surface area contributed by atoms with Crippen LogP contribution in [0.25, 0.3) is 16.8 Å². The van der Waals surface area contributed by atoms with Gasteiger partial charge in [-0.05, 0) is 60.0 Å². The largest absolute Gasteiger partial charge is 0.573 e. The Morgan fingerprint density at radius 3 is 2.37 bits per heavy atom. The Morgan fingerprint density at radius 1 is 1.07 bits per heavy atom. The third kappa shape index (κ3) is 7.63. The van der Waals surface area contributed by atoms with E-state index in [0.717, 1.165) is 12.1 Å². The van der Waals surface area contributed by atoms with E-state index >= 15 is 0 Å². The zero-order chi connectivity index (χ0) is 31.4. The lowest BCUT2D eigenvalue weighted by Gasteiger charge is -2.23. The van der Waals surface area contributed by atoms with Crippen molar-refractivity contribution in [3.05, 3.63) is 103 Å². The molecule has 0 unspecified atom stereocenters. The van der Waals surface area contributed by atoms with Gasteiger partial charge in [0.2, 0.25) is 0 Å². The number of aromatic nitrogens is 2. The Balaban J connectivity index is 1.86. The van der Waals surface area contributed by atoms with E-state index in [4.69, 9.17) is 0 Å². The third-order valence-corrected chi connectivity index (χ3v) is 8.01. The minimum absolute atomic E-state index is 0.0141. The smallest absolute Gasteiger partial charge is 0.406 e. The van der Waals surface area contributed by atoms with Crippen LogP contribution < -0.4 is 9.75 Å². The van der Waals surface area contributed by atoms with Gasteiger partial charge in [0.05, 0.1) is 28.6 Å². The summed E-state index contributed by atoms with van der Waals surface area (Å²) in [5.41, 5.74) is 1.95. The molecule has 14 heteroatoms. The first kappa shape index (κ1) is 31.3. The molecular formula is C29H26F5N5O3S. The van der Waals surface area contributed by atoms with Crippen LogP contribution in [0.5, 0.6) is 5.75 Å². The van der Waals surface area contributed by atoms with Crippen molar-refractivity contribution in [2.45, 2.75) is 38.1 Å². The van der Waals surface area contributed by atoms with Gasteiger partial charge < -0.3 is 9.30 Å². The SMILES string of the molecule is C=C/N=N\N(Cc1ccc(OC(F)(F)F)cc1)c1cc(-c2cccc(S(=O)(=O)CC)c2)ccc1-n1cc(C(F)F)nc1C. The fraction of sp³-hybridized carbons (Fsp3) is 0.207. The van der Waals surface area contributed by atoms with E-state index in [0.29, 0.717) is 28.1 Å². The van der Waals surface area contributed by atoms with Gasteiger partial charge in [-0.15, -0.1) is 18.3 Å². The van der Waals surface area contributed by atoms with Crippen LogP contribution in [0.3, 0.4) is 0 Å². The lowest BCUT2D eigenvalue weighted by Crippen LogP contribution is -2.18. The fourth-order valence-corrected chi connectivity index (χ4v) is 5.15. The van der Waals surface area contributed by atoms with Gasteiger partial charge in [0.15, 0.2) is 9.84 Å². The van der Waals surface area contributed by atoms with Crippen molar-refractivity contribution in [2.24, 2.45) is 10.3 Å². The number of imidazole rings is 1. The number of aryl methyl sites for hydroxylation is 1. The highest BCUT2D eigenvalue weighted by Gasteiger charge is 2.31. The second-order valence-electron chi connectivity index (χ2n) is 9.16.